The molecule has 0 aromatic heterocycles. The number of hydrogen-bond donors (Lipinski definition) is 0. The van der Waals surface area contributed by atoms with Gasteiger partial charge in [0.05, 0.1) is 11.4 Å². The monoisotopic (exact) mass is 446 g/mol. The van der Waals surface area contributed by atoms with Gasteiger partial charge < -0.3 is 0 Å². The molecular weight excluding hydrogens is 424 g/mol. The summed E-state index contributed by atoms with van der Waals surface area (Å²) in [6, 6.07) is 37.5. The number of rotatable bonds is 4. The van der Waals surface area contributed by atoms with Crippen LogP contribution >= 0.6 is 0 Å². The molecule has 2 aliphatic heterocycles. The molecule has 0 saturated carbocycles. The minimum atomic E-state index is -1.26. The molecule has 2 saturated heterocycles. The summed E-state index contributed by atoms with van der Waals surface area (Å²) in [7, 11) is 0. The molecule has 4 aromatic rings. The number of hydrogen-bond acceptors (Lipinski definition) is 4. The summed E-state index contributed by atoms with van der Waals surface area (Å²) in [5.74, 6) is -0.647. The van der Waals surface area contributed by atoms with E-state index in [1.165, 1.54) is 4.90 Å². The lowest BCUT2D eigenvalue weighted by atomic mass is 9.69. The molecule has 5 nitrogen and oxygen atoms in total. The highest BCUT2D eigenvalue weighted by Crippen LogP contribution is 2.57. The van der Waals surface area contributed by atoms with E-state index in [2.05, 4.69) is 0 Å². The van der Waals surface area contributed by atoms with Gasteiger partial charge in [0.15, 0.2) is 6.10 Å². The predicted molar refractivity (Wildman–Crippen MR) is 130 cm³/mol. The first-order valence-corrected chi connectivity index (χ1v) is 11.3. The Labute approximate surface area is 197 Å². The molecule has 3 atom stereocenters. The van der Waals surface area contributed by atoms with E-state index >= 15 is 0 Å². The number of carbonyl (C=O) groups is 2. The molecule has 6 rings (SSSR count). The number of carbonyl (C=O) groups excluding carboxylic acids is 2. The Balaban J connectivity index is 1.62. The standard InChI is InChI=1S/C29H22N2O3/c32-27-26-29(22-15-7-2-8-16-22,28(33)30(27)23-17-9-3-10-18-23)25(21-13-5-1-6-14-21)31(34-26)24-19-11-4-12-20-24/h1-20,25-26H/t25-,26+,29-/m1/s1. The highest BCUT2D eigenvalue weighted by molar-refractivity contribution is 6.28. The summed E-state index contributed by atoms with van der Waals surface area (Å²) in [5.41, 5.74) is 1.72. The van der Waals surface area contributed by atoms with Crippen molar-refractivity contribution < 1.29 is 14.4 Å². The van der Waals surface area contributed by atoms with Crippen LogP contribution in [0.15, 0.2) is 121 Å². The first-order chi connectivity index (χ1) is 16.7. The van der Waals surface area contributed by atoms with Crippen molar-refractivity contribution in [2.45, 2.75) is 17.6 Å². The number of nitrogens with zero attached hydrogens (tertiary/aromatic N) is 2. The van der Waals surface area contributed by atoms with Crippen LogP contribution in [0.25, 0.3) is 0 Å². The Hall–Kier alpha value is -4.22. The minimum Gasteiger partial charge on any atom is -0.273 e. The number of hydroxylamine groups is 1. The number of para-hydroxylation sites is 2. The average molecular weight is 447 g/mol. The maximum atomic E-state index is 14.5. The summed E-state index contributed by atoms with van der Waals surface area (Å²) in [6.45, 7) is 0. The third kappa shape index (κ3) is 2.84. The van der Waals surface area contributed by atoms with E-state index in [4.69, 9.17) is 4.84 Å². The fourth-order valence-corrected chi connectivity index (χ4v) is 5.24. The van der Waals surface area contributed by atoms with Crippen molar-refractivity contribution in [3.8, 4) is 0 Å². The van der Waals surface area contributed by atoms with Crippen molar-refractivity contribution in [2.24, 2.45) is 0 Å². The molecule has 0 unspecified atom stereocenters. The number of benzene rings is 4. The van der Waals surface area contributed by atoms with Gasteiger partial charge in [0.2, 0.25) is 5.91 Å². The van der Waals surface area contributed by atoms with Crippen LogP contribution < -0.4 is 9.96 Å². The zero-order chi connectivity index (χ0) is 23.1. The number of anilines is 2. The van der Waals surface area contributed by atoms with Crippen LogP contribution in [-0.4, -0.2) is 17.9 Å². The van der Waals surface area contributed by atoms with Crippen LogP contribution in [0.3, 0.4) is 0 Å². The molecule has 0 spiro atoms. The first kappa shape index (κ1) is 20.4. The normalized spacial score (nSPS) is 23.9. The van der Waals surface area contributed by atoms with Crippen LogP contribution in [0.5, 0.6) is 0 Å². The van der Waals surface area contributed by atoms with Gasteiger partial charge in [-0.2, -0.15) is 0 Å². The maximum absolute atomic E-state index is 14.5. The summed E-state index contributed by atoms with van der Waals surface area (Å²) in [6.07, 6.45) is -1.01. The SMILES string of the molecule is O=C1[C@@H]2ON(c3ccccc3)[C@H](c3ccccc3)[C@@]2(c2ccccc2)C(=O)N1c1ccccc1. The Bertz CT molecular complexity index is 1330. The molecule has 2 fully saturated rings. The molecule has 0 N–H and O–H groups in total. The van der Waals surface area contributed by atoms with E-state index in [0.717, 1.165) is 16.8 Å². The van der Waals surface area contributed by atoms with E-state index in [1.54, 1.807) is 17.2 Å². The van der Waals surface area contributed by atoms with Gasteiger partial charge in [0, 0.05) is 0 Å². The van der Waals surface area contributed by atoms with Gasteiger partial charge in [-0.3, -0.25) is 14.4 Å². The van der Waals surface area contributed by atoms with Crippen LogP contribution in [0, 0.1) is 0 Å². The van der Waals surface area contributed by atoms with E-state index in [9.17, 15) is 9.59 Å². The molecule has 166 valence electrons. The minimum absolute atomic E-state index is 0.285. The molecule has 4 aromatic carbocycles. The van der Waals surface area contributed by atoms with Crippen LogP contribution in [0.4, 0.5) is 11.4 Å². The lowest BCUT2D eigenvalue weighted by Gasteiger charge is -2.35. The van der Waals surface area contributed by atoms with Crippen molar-refractivity contribution in [3.63, 3.8) is 0 Å². The highest BCUT2D eigenvalue weighted by atomic mass is 16.7. The fraction of sp³-hybridized carbons (Fsp3) is 0.103. The molecule has 2 aliphatic rings. The third-order valence-corrected chi connectivity index (χ3v) is 6.69. The molecular formula is C29H22N2O3. The number of amides is 2. The van der Waals surface area contributed by atoms with E-state index in [-0.39, 0.29) is 11.8 Å². The molecule has 0 bridgehead atoms. The van der Waals surface area contributed by atoms with E-state index in [0.29, 0.717) is 5.69 Å². The number of imide groups is 1. The van der Waals surface area contributed by atoms with E-state index < -0.39 is 17.6 Å². The smallest absolute Gasteiger partial charge is 0.267 e. The van der Waals surface area contributed by atoms with Gasteiger partial charge in [-0.25, -0.2) is 9.96 Å². The zero-order valence-electron chi connectivity index (χ0n) is 18.3. The Morgan fingerprint density at radius 3 is 1.71 bits per heavy atom. The van der Waals surface area contributed by atoms with Crippen molar-refractivity contribution in [1.82, 2.24) is 0 Å². The van der Waals surface area contributed by atoms with Gasteiger partial charge in [0.25, 0.3) is 5.91 Å². The highest BCUT2D eigenvalue weighted by Gasteiger charge is 2.72. The van der Waals surface area contributed by atoms with Crippen LogP contribution in [0.1, 0.15) is 17.2 Å². The third-order valence-electron chi connectivity index (χ3n) is 6.69. The summed E-state index contributed by atoms with van der Waals surface area (Å²) >= 11 is 0. The summed E-state index contributed by atoms with van der Waals surface area (Å²) < 4.78 is 0. The largest absolute Gasteiger partial charge is 0.273 e. The van der Waals surface area contributed by atoms with Gasteiger partial charge in [-0.15, -0.1) is 0 Å². The Morgan fingerprint density at radius 1 is 0.618 bits per heavy atom. The quantitative estimate of drug-likeness (QED) is 0.411. The van der Waals surface area contributed by atoms with Crippen molar-refractivity contribution in [3.05, 3.63) is 132 Å². The van der Waals surface area contributed by atoms with Gasteiger partial charge in [-0.1, -0.05) is 97.1 Å². The van der Waals surface area contributed by atoms with Crippen LogP contribution in [0.2, 0.25) is 0 Å². The second kappa shape index (κ2) is 7.97. The maximum Gasteiger partial charge on any atom is 0.267 e. The van der Waals surface area contributed by atoms with Gasteiger partial charge in [0.1, 0.15) is 11.5 Å². The lowest BCUT2D eigenvalue weighted by molar-refractivity contribution is -0.126. The summed E-state index contributed by atoms with van der Waals surface area (Å²) in [4.78, 5) is 36.1. The van der Waals surface area contributed by atoms with Gasteiger partial charge in [-0.05, 0) is 35.4 Å². The van der Waals surface area contributed by atoms with Gasteiger partial charge >= 0.3 is 0 Å². The van der Waals surface area contributed by atoms with Crippen molar-refractivity contribution in [1.29, 1.82) is 0 Å². The fourth-order valence-electron chi connectivity index (χ4n) is 5.24. The second-order valence-electron chi connectivity index (χ2n) is 8.51. The summed E-state index contributed by atoms with van der Waals surface area (Å²) in [5, 5.41) is 1.74. The van der Waals surface area contributed by atoms with Crippen molar-refractivity contribution >= 4 is 23.2 Å². The first-order valence-electron chi connectivity index (χ1n) is 11.3. The predicted octanol–water partition coefficient (Wildman–Crippen LogP) is 5.06. The molecule has 2 amide bonds. The second-order valence-corrected chi connectivity index (χ2v) is 8.51. The zero-order valence-corrected chi connectivity index (χ0v) is 18.3. The lowest BCUT2D eigenvalue weighted by Crippen LogP contribution is -2.46. The molecule has 34 heavy (non-hydrogen) atoms. The molecule has 2 heterocycles. The Morgan fingerprint density at radius 2 is 1.12 bits per heavy atom. The molecule has 5 heteroatoms. The molecule has 0 aliphatic carbocycles. The Kier molecular flexibility index (Phi) is 4.78. The topological polar surface area (TPSA) is 49.9 Å². The van der Waals surface area contributed by atoms with Crippen LogP contribution in [-0.2, 0) is 19.8 Å². The van der Waals surface area contributed by atoms with Crippen molar-refractivity contribution in [2.75, 3.05) is 9.96 Å². The van der Waals surface area contributed by atoms with E-state index in [1.807, 2.05) is 109 Å². The average Bonchev–Trinajstić information content (AvgIpc) is 3.37. The molecule has 0 radical (unpaired) electrons. The number of fused-ring (bicyclic) bond motifs is 1.